The van der Waals surface area contributed by atoms with Crippen LogP contribution in [0.3, 0.4) is 0 Å². The largest absolute Gasteiger partial charge is 0.451 e. The lowest BCUT2D eigenvalue weighted by Gasteiger charge is -2.03. The summed E-state index contributed by atoms with van der Waals surface area (Å²) in [6, 6.07) is 14.1. The normalized spacial score (nSPS) is 10.6. The van der Waals surface area contributed by atoms with Gasteiger partial charge in [0.15, 0.2) is 5.76 Å². The molecule has 0 saturated heterocycles. The van der Waals surface area contributed by atoms with E-state index in [0.717, 1.165) is 0 Å². The third-order valence-corrected chi connectivity index (χ3v) is 3.64. The number of furan rings is 1. The quantitative estimate of drug-likeness (QED) is 0.664. The van der Waals surface area contributed by atoms with Crippen LogP contribution in [0.15, 0.2) is 59.0 Å². The third kappa shape index (κ3) is 3.55. The van der Waals surface area contributed by atoms with Gasteiger partial charge in [-0.05, 0) is 48.5 Å². The first-order valence-electron chi connectivity index (χ1n) is 6.65. The third-order valence-electron chi connectivity index (χ3n) is 3.12. The lowest BCUT2D eigenvalue weighted by molar-refractivity contribution is 0.0997. The topological polar surface area (TPSA) is 42.2 Å². The van der Waals surface area contributed by atoms with E-state index in [2.05, 4.69) is 5.32 Å². The van der Waals surface area contributed by atoms with Gasteiger partial charge in [0.1, 0.15) is 11.6 Å². The molecule has 1 heterocycles. The second-order valence-electron chi connectivity index (χ2n) is 4.76. The predicted molar refractivity (Wildman–Crippen MR) is 88.5 cm³/mol. The van der Waals surface area contributed by atoms with Crippen molar-refractivity contribution in [2.45, 2.75) is 0 Å². The number of hydrogen-bond donors (Lipinski definition) is 1. The molecule has 0 atom stereocenters. The molecule has 6 heteroatoms. The second kappa shape index (κ2) is 6.44. The summed E-state index contributed by atoms with van der Waals surface area (Å²) >= 11 is 11.6. The van der Waals surface area contributed by atoms with Crippen molar-refractivity contribution in [1.29, 1.82) is 0 Å². The van der Waals surface area contributed by atoms with Gasteiger partial charge in [-0.1, -0.05) is 29.3 Å². The summed E-state index contributed by atoms with van der Waals surface area (Å²) in [5.74, 6) is -0.379. The number of halogens is 3. The zero-order chi connectivity index (χ0) is 16.4. The molecule has 2 aromatic carbocycles. The van der Waals surface area contributed by atoms with Crippen molar-refractivity contribution in [2.24, 2.45) is 0 Å². The zero-order valence-corrected chi connectivity index (χ0v) is 13.2. The van der Waals surface area contributed by atoms with Crippen molar-refractivity contribution in [3.63, 3.8) is 0 Å². The van der Waals surface area contributed by atoms with Gasteiger partial charge in [0.25, 0.3) is 5.91 Å². The van der Waals surface area contributed by atoms with Gasteiger partial charge in [0.05, 0.1) is 5.02 Å². The molecule has 1 aromatic heterocycles. The van der Waals surface area contributed by atoms with Gasteiger partial charge in [-0.3, -0.25) is 4.79 Å². The number of benzene rings is 2. The summed E-state index contributed by atoms with van der Waals surface area (Å²) in [6.45, 7) is 0. The lowest BCUT2D eigenvalue weighted by atomic mass is 10.2. The minimum atomic E-state index is -0.513. The summed E-state index contributed by atoms with van der Waals surface area (Å²) in [5, 5.41) is 3.19. The van der Waals surface area contributed by atoms with Crippen molar-refractivity contribution in [3.8, 4) is 11.3 Å². The average Bonchev–Trinajstić information content (AvgIpc) is 3.00. The molecule has 0 fully saturated rings. The molecule has 3 rings (SSSR count). The molecule has 116 valence electrons. The number of amides is 1. The van der Waals surface area contributed by atoms with Crippen LogP contribution in [0.5, 0.6) is 0 Å². The Balaban J connectivity index is 1.81. The van der Waals surface area contributed by atoms with E-state index in [1.165, 1.54) is 24.3 Å². The van der Waals surface area contributed by atoms with Crippen LogP contribution < -0.4 is 5.32 Å². The molecule has 0 aliphatic carbocycles. The van der Waals surface area contributed by atoms with E-state index >= 15 is 0 Å². The Morgan fingerprint density at radius 2 is 1.87 bits per heavy atom. The Labute approximate surface area is 141 Å². The van der Waals surface area contributed by atoms with Crippen LogP contribution in [-0.4, -0.2) is 5.91 Å². The Kier molecular flexibility index (Phi) is 4.37. The minimum absolute atomic E-state index is 0.0103. The molecule has 0 radical (unpaired) electrons. The molecule has 0 saturated carbocycles. The lowest BCUT2D eigenvalue weighted by Crippen LogP contribution is -2.10. The highest BCUT2D eigenvalue weighted by Crippen LogP contribution is 2.27. The maximum absolute atomic E-state index is 13.2. The van der Waals surface area contributed by atoms with Crippen LogP contribution in [0.25, 0.3) is 11.3 Å². The molecule has 23 heavy (non-hydrogen) atoms. The fourth-order valence-electron chi connectivity index (χ4n) is 2.02. The number of anilines is 1. The van der Waals surface area contributed by atoms with E-state index in [0.29, 0.717) is 22.0 Å². The van der Waals surface area contributed by atoms with Crippen molar-refractivity contribution in [2.75, 3.05) is 5.32 Å². The smallest absolute Gasteiger partial charge is 0.291 e. The first kappa shape index (κ1) is 15.6. The summed E-state index contributed by atoms with van der Waals surface area (Å²) < 4.78 is 18.7. The van der Waals surface area contributed by atoms with Crippen molar-refractivity contribution in [3.05, 3.63) is 76.2 Å². The van der Waals surface area contributed by atoms with Crippen molar-refractivity contribution < 1.29 is 13.6 Å². The van der Waals surface area contributed by atoms with Crippen LogP contribution in [0.4, 0.5) is 10.1 Å². The monoisotopic (exact) mass is 349 g/mol. The van der Waals surface area contributed by atoms with E-state index < -0.39 is 11.7 Å². The molecule has 0 aliphatic heterocycles. The fourth-order valence-corrected chi connectivity index (χ4v) is 2.39. The summed E-state index contributed by atoms with van der Waals surface area (Å²) in [6.07, 6.45) is 0. The molecule has 0 aliphatic rings. The number of nitrogens with one attached hydrogen (secondary N) is 1. The Hall–Kier alpha value is -2.30. The van der Waals surface area contributed by atoms with Gasteiger partial charge in [0.2, 0.25) is 0 Å². The molecular weight excluding hydrogens is 340 g/mol. The van der Waals surface area contributed by atoms with Gasteiger partial charge in [-0.15, -0.1) is 0 Å². The van der Waals surface area contributed by atoms with Crippen molar-refractivity contribution in [1.82, 2.24) is 0 Å². The molecule has 1 amide bonds. The van der Waals surface area contributed by atoms with Crippen LogP contribution in [-0.2, 0) is 0 Å². The maximum atomic E-state index is 13.2. The number of hydrogen-bond acceptors (Lipinski definition) is 2. The molecule has 3 nitrogen and oxygen atoms in total. The highest BCUT2D eigenvalue weighted by atomic mass is 35.5. The summed E-state index contributed by atoms with van der Waals surface area (Å²) in [5.41, 5.74) is 1.14. The van der Waals surface area contributed by atoms with E-state index in [1.807, 2.05) is 0 Å². The van der Waals surface area contributed by atoms with E-state index in [-0.39, 0.29) is 10.8 Å². The number of carbonyl (C=O) groups excluding carboxylic acids is 1. The zero-order valence-electron chi connectivity index (χ0n) is 11.6. The standard InChI is InChI=1S/C17H10Cl2FNO2/c18-11-2-1-3-12(9-11)21-17(22)16-7-6-15(23-16)10-4-5-14(20)13(19)8-10/h1-9H,(H,21,22). The Morgan fingerprint density at radius 3 is 2.61 bits per heavy atom. The van der Waals surface area contributed by atoms with Gasteiger partial charge >= 0.3 is 0 Å². The Bertz CT molecular complexity index is 877. The first-order valence-corrected chi connectivity index (χ1v) is 7.41. The van der Waals surface area contributed by atoms with Crippen molar-refractivity contribution >= 4 is 34.8 Å². The Morgan fingerprint density at radius 1 is 1.04 bits per heavy atom. The SMILES string of the molecule is O=C(Nc1cccc(Cl)c1)c1ccc(-c2ccc(F)c(Cl)c2)o1. The highest BCUT2D eigenvalue weighted by molar-refractivity contribution is 6.31. The molecule has 0 bridgehead atoms. The van der Waals surface area contributed by atoms with Gasteiger partial charge in [-0.25, -0.2) is 4.39 Å². The second-order valence-corrected chi connectivity index (χ2v) is 5.60. The van der Waals surface area contributed by atoms with Crippen LogP contribution in [0, 0.1) is 5.82 Å². The predicted octanol–water partition coefficient (Wildman–Crippen LogP) is 5.64. The fraction of sp³-hybridized carbons (Fsp3) is 0. The summed E-state index contributed by atoms with van der Waals surface area (Å²) in [7, 11) is 0. The molecule has 3 aromatic rings. The van der Waals surface area contributed by atoms with E-state index in [1.54, 1.807) is 30.3 Å². The van der Waals surface area contributed by atoms with Crippen LogP contribution >= 0.6 is 23.2 Å². The van der Waals surface area contributed by atoms with E-state index in [4.69, 9.17) is 27.6 Å². The van der Waals surface area contributed by atoms with E-state index in [9.17, 15) is 9.18 Å². The number of rotatable bonds is 3. The van der Waals surface area contributed by atoms with Gasteiger partial charge < -0.3 is 9.73 Å². The number of carbonyl (C=O) groups is 1. The van der Waals surface area contributed by atoms with Crippen LogP contribution in [0.1, 0.15) is 10.6 Å². The van der Waals surface area contributed by atoms with Crippen LogP contribution in [0.2, 0.25) is 10.0 Å². The molecule has 1 N–H and O–H groups in total. The molecule has 0 unspecified atom stereocenters. The average molecular weight is 350 g/mol. The minimum Gasteiger partial charge on any atom is -0.451 e. The summed E-state index contributed by atoms with van der Waals surface area (Å²) in [4.78, 5) is 12.2. The molecular formula is C17H10Cl2FNO2. The van der Waals surface area contributed by atoms with Gasteiger partial charge in [-0.2, -0.15) is 0 Å². The highest BCUT2D eigenvalue weighted by Gasteiger charge is 2.13. The molecule has 0 spiro atoms. The first-order chi connectivity index (χ1) is 11.0. The maximum Gasteiger partial charge on any atom is 0.291 e. The van der Waals surface area contributed by atoms with Gasteiger partial charge in [0, 0.05) is 16.3 Å².